The van der Waals surface area contributed by atoms with E-state index in [1.54, 1.807) is 0 Å². The molecular weight excluding hydrogens is 524 g/mol. The molecule has 40 heavy (non-hydrogen) atoms. The Bertz CT molecular complexity index is 1330. The molecule has 9 rings (SSSR count). The normalized spacial score (nSPS) is 32.0. The Labute approximate surface area is 241 Å². The van der Waals surface area contributed by atoms with E-state index in [9.17, 15) is 0 Å². The van der Waals surface area contributed by atoms with Crippen LogP contribution in [0.25, 0.3) is 0 Å². The van der Waals surface area contributed by atoms with E-state index in [-0.39, 0.29) is 17.7 Å². The molecule has 0 radical (unpaired) electrons. The van der Waals surface area contributed by atoms with E-state index in [1.165, 1.54) is 81.3 Å². The van der Waals surface area contributed by atoms with Gasteiger partial charge in [-0.25, -0.2) is 0 Å². The quantitative estimate of drug-likeness (QED) is 0.575. The van der Waals surface area contributed by atoms with Crippen molar-refractivity contribution in [2.24, 2.45) is 0 Å². The fourth-order valence-corrected chi connectivity index (χ4v) is 9.18. The molecule has 0 spiro atoms. The molecule has 5 fully saturated rings. The molecule has 8 nitrogen and oxygen atoms in total. The van der Waals surface area contributed by atoms with Crippen molar-refractivity contribution in [2.45, 2.75) is 93.6 Å². The lowest BCUT2D eigenvalue weighted by molar-refractivity contribution is 0.0413. The summed E-state index contributed by atoms with van der Waals surface area (Å²) in [5.41, 5.74) is 4.94. The first-order valence-corrected chi connectivity index (χ1v) is 16.0. The molecule has 1 aromatic heterocycles. The fraction of sp³-hybridized carbons (Fsp3) is 0.677. The van der Waals surface area contributed by atoms with Gasteiger partial charge in [-0.05, 0) is 88.1 Å². The first kappa shape index (κ1) is 24.5. The minimum atomic E-state index is -0.0679. The molecule has 9 heteroatoms. The average Bonchev–Trinajstić information content (AvgIpc) is 3.48. The van der Waals surface area contributed by atoms with Gasteiger partial charge in [0, 0.05) is 41.4 Å². The molecule has 1 aliphatic carbocycles. The van der Waals surface area contributed by atoms with Crippen LogP contribution in [0.15, 0.2) is 18.2 Å². The van der Waals surface area contributed by atoms with Gasteiger partial charge in [-0.2, -0.15) is 9.97 Å². The number of ether oxygens (including phenoxy) is 2. The van der Waals surface area contributed by atoms with Crippen LogP contribution in [-0.4, -0.2) is 77.9 Å². The Balaban J connectivity index is 1.11. The number of rotatable bonds is 5. The van der Waals surface area contributed by atoms with E-state index in [1.807, 2.05) is 6.07 Å². The van der Waals surface area contributed by atoms with Crippen LogP contribution < -0.4 is 19.9 Å². The number of fused-ring (bicyclic) bond motifs is 6. The van der Waals surface area contributed by atoms with E-state index >= 15 is 0 Å². The summed E-state index contributed by atoms with van der Waals surface area (Å²) in [4.78, 5) is 18.0. The van der Waals surface area contributed by atoms with Crippen molar-refractivity contribution in [2.75, 3.05) is 49.2 Å². The van der Waals surface area contributed by atoms with E-state index in [4.69, 9.17) is 31.0 Å². The van der Waals surface area contributed by atoms with Gasteiger partial charge in [0.05, 0.1) is 30.4 Å². The third kappa shape index (κ3) is 3.82. The summed E-state index contributed by atoms with van der Waals surface area (Å²) in [6.07, 6.45) is 9.77. The smallest absolute Gasteiger partial charge is 0.318 e. The minimum absolute atomic E-state index is 0.0679. The van der Waals surface area contributed by atoms with Crippen LogP contribution >= 0.6 is 11.6 Å². The van der Waals surface area contributed by atoms with Crippen LogP contribution in [0.4, 0.5) is 11.5 Å². The van der Waals surface area contributed by atoms with Crippen LogP contribution in [0.2, 0.25) is 5.02 Å². The first-order valence-electron chi connectivity index (χ1n) is 15.6. The van der Waals surface area contributed by atoms with Crippen LogP contribution in [0.5, 0.6) is 6.01 Å². The largest absolute Gasteiger partial charge is 0.461 e. The molecule has 1 aromatic carbocycles. The molecule has 212 valence electrons. The highest BCUT2D eigenvalue weighted by Crippen LogP contribution is 2.50. The molecule has 4 saturated heterocycles. The monoisotopic (exact) mass is 562 g/mol. The highest BCUT2D eigenvalue weighted by Gasteiger charge is 2.48. The predicted molar refractivity (Wildman–Crippen MR) is 155 cm³/mol. The summed E-state index contributed by atoms with van der Waals surface area (Å²) in [7, 11) is 0. The fourth-order valence-electron chi connectivity index (χ4n) is 8.86. The van der Waals surface area contributed by atoms with Crippen molar-refractivity contribution in [3.63, 3.8) is 0 Å². The molecule has 2 aromatic rings. The third-order valence-electron chi connectivity index (χ3n) is 11.0. The lowest BCUT2D eigenvalue weighted by Gasteiger charge is -2.41. The molecule has 7 heterocycles. The average molecular weight is 563 g/mol. The SMILES string of the molecule is Clc1cccc(N2Cc3nc(OCC45CCCN4CCC5)nc4c3C(C2)OCC2C3CCC(CN42)N3)c1C1CC1. The minimum Gasteiger partial charge on any atom is -0.461 e. The molecule has 7 aliphatic rings. The standard InChI is InChI=1S/C31H39ClN6O2/c32-21-4-1-5-24(27(21)19-6-7-19)36-15-23-28-26(16-36)39-17-25-22-9-8-20(33-22)14-38(25)29(28)35-30(34-23)40-18-31-10-2-12-37(31)13-3-11-31/h1,4-5,19-20,22,25-26,33H,2-3,6-18H2. The molecule has 1 saturated carbocycles. The third-order valence-corrected chi connectivity index (χ3v) is 11.3. The highest BCUT2D eigenvalue weighted by atomic mass is 35.5. The van der Waals surface area contributed by atoms with E-state index < -0.39 is 0 Å². The second-order valence-electron chi connectivity index (χ2n) is 13.3. The Morgan fingerprint density at radius 3 is 2.77 bits per heavy atom. The van der Waals surface area contributed by atoms with Gasteiger partial charge in [-0.3, -0.25) is 4.90 Å². The van der Waals surface area contributed by atoms with Crippen molar-refractivity contribution in [3.05, 3.63) is 40.0 Å². The first-order chi connectivity index (χ1) is 19.6. The van der Waals surface area contributed by atoms with Gasteiger partial charge in [0.1, 0.15) is 18.5 Å². The van der Waals surface area contributed by atoms with E-state index in [0.29, 0.717) is 37.2 Å². The van der Waals surface area contributed by atoms with Crippen molar-refractivity contribution in [1.29, 1.82) is 0 Å². The Hall–Kier alpha value is -2.13. The van der Waals surface area contributed by atoms with Gasteiger partial charge >= 0.3 is 6.01 Å². The van der Waals surface area contributed by atoms with Gasteiger partial charge in [-0.1, -0.05) is 17.7 Å². The summed E-state index contributed by atoms with van der Waals surface area (Å²) < 4.78 is 13.4. The van der Waals surface area contributed by atoms with Crippen molar-refractivity contribution >= 4 is 23.1 Å². The molecule has 0 amide bonds. The maximum atomic E-state index is 6.79. The maximum Gasteiger partial charge on any atom is 0.318 e. The van der Waals surface area contributed by atoms with Crippen molar-refractivity contribution < 1.29 is 9.47 Å². The highest BCUT2D eigenvalue weighted by molar-refractivity contribution is 6.31. The summed E-state index contributed by atoms with van der Waals surface area (Å²) in [6, 6.07) is 8.16. The number of aromatic nitrogens is 2. The molecule has 2 bridgehead atoms. The summed E-state index contributed by atoms with van der Waals surface area (Å²) >= 11 is 6.79. The Morgan fingerprint density at radius 1 is 1.05 bits per heavy atom. The zero-order valence-electron chi connectivity index (χ0n) is 23.2. The van der Waals surface area contributed by atoms with Crippen LogP contribution in [0.3, 0.4) is 0 Å². The number of hydrogen-bond donors (Lipinski definition) is 1. The maximum absolute atomic E-state index is 6.79. The number of benzene rings is 1. The topological polar surface area (TPSA) is 66.0 Å². The molecular formula is C31H39ClN6O2. The van der Waals surface area contributed by atoms with Crippen LogP contribution in [0, 0.1) is 0 Å². The lowest BCUT2D eigenvalue weighted by Crippen LogP contribution is -2.59. The summed E-state index contributed by atoms with van der Waals surface area (Å²) in [5, 5.41) is 4.74. The second kappa shape index (κ2) is 9.18. The van der Waals surface area contributed by atoms with E-state index in [2.05, 4.69) is 32.1 Å². The van der Waals surface area contributed by atoms with Crippen molar-refractivity contribution in [1.82, 2.24) is 20.2 Å². The van der Waals surface area contributed by atoms with E-state index in [0.717, 1.165) is 36.2 Å². The lowest BCUT2D eigenvalue weighted by atomic mass is 9.95. The van der Waals surface area contributed by atoms with Crippen LogP contribution in [-0.2, 0) is 11.3 Å². The summed E-state index contributed by atoms with van der Waals surface area (Å²) in [5.74, 6) is 1.63. The van der Waals surface area contributed by atoms with Crippen molar-refractivity contribution in [3.8, 4) is 6.01 Å². The molecule has 4 atom stereocenters. The zero-order chi connectivity index (χ0) is 26.4. The van der Waals surface area contributed by atoms with Gasteiger partial charge in [0.25, 0.3) is 0 Å². The molecule has 6 aliphatic heterocycles. The second-order valence-corrected chi connectivity index (χ2v) is 13.7. The summed E-state index contributed by atoms with van der Waals surface area (Å²) in [6.45, 7) is 6.28. The van der Waals surface area contributed by atoms with Crippen LogP contribution in [0.1, 0.15) is 80.2 Å². The molecule has 1 N–H and O–H groups in total. The molecule has 4 unspecified atom stereocenters. The Morgan fingerprint density at radius 2 is 1.93 bits per heavy atom. The van der Waals surface area contributed by atoms with Gasteiger partial charge in [0.2, 0.25) is 0 Å². The number of anilines is 2. The predicted octanol–water partition coefficient (Wildman–Crippen LogP) is 4.42. The number of nitrogens with one attached hydrogen (secondary N) is 1. The number of piperazine rings is 1. The Kier molecular flexibility index (Phi) is 5.62. The van der Waals surface area contributed by atoms with Gasteiger partial charge < -0.3 is 24.6 Å². The zero-order valence-corrected chi connectivity index (χ0v) is 23.9. The number of nitrogens with zero attached hydrogens (tertiary/aromatic N) is 5. The van der Waals surface area contributed by atoms with Gasteiger partial charge in [0.15, 0.2) is 0 Å². The number of halogens is 1. The number of hydrogen-bond acceptors (Lipinski definition) is 8. The van der Waals surface area contributed by atoms with Gasteiger partial charge in [-0.15, -0.1) is 0 Å².